The SMILES string of the molecule is CCNC(=NCCCOCC1CCOC1)NCCC(CC)N1CCCC1=O. The summed E-state index contributed by atoms with van der Waals surface area (Å²) < 4.78 is 11.1. The molecular weight excluding hydrogens is 344 g/mol. The first-order valence-corrected chi connectivity index (χ1v) is 10.7. The molecule has 2 aliphatic rings. The monoisotopic (exact) mass is 382 g/mol. The highest BCUT2D eigenvalue weighted by Crippen LogP contribution is 2.17. The van der Waals surface area contributed by atoms with Crippen LogP contribution >= 0.6 is 0 Å². The van der Waals surface area contributed by atoms with Gasteiger partial charge in [0.2, 0.25) is 5.91 Å². The Labute approximate surface area is 164 Å². The van der Waals surface area contributed by atoms with Crippen LogP contribution in [-0.2, 0) is 14.3 Å². The molecule has 2 rings (SSSR count). The molecule has 2 aliphatic heterocycles. The third-order valence-electron chi connectivity index (χ3n) is 5.23. The molecule has 27 heavy (non-hydrogen) atoms. The van der Waals surface area contributed by atoms with Crippen molar-refractivity contribution in [2.24, 2.45) is 10.9 Å². The second-order valence-corrected chi connectivity index (χ2v) is 7.39. The van der Waals surface area contributed by atoms with Crippen molar-refractivity contribution in [1.82, 2.24) is 15.5 Å². The molecule has 0 aliphatic carbocycles. The second-order valence-electron chi connectivity index (χ2n) is 7.39. The highest BCUT2D eigenvalue weighted by molar-refractivity contribution is 5.80. The lowest BCUT2D eigenvalue weighted by molar-refractivity contribution is -0.129. The van der Waals surface area contributed by atoms with Gasteiger partial charge in [0.05, 0.1) is 13.2 Å². The molecule has 1 amide bonds. The molecule has 0 radical (unpaired) electrons. The Morgan fingerprint density at radius 3 is 2.96 bits per heavy atom. The van der Waals surface area contributed by atoms with Gasteiger partial charge in [0.25, 0.3) is 0 Å². The average Bonchev–Trinajstić information content (AvgIpc) is 3.33. The number of guanidine groups is 1. The minimum Gasteiger partial charge on any atom is -0.381 e. The molecule has 2 saturated heterocycles. The Kier molecular flexibility index (Phi) is 10.5. The molecule has 0 spiro atoms. The first-order valence-electron chi connectivity index (χ1n) is 10.7. The lowest BCUT2D eigenvalue weighted by Crippen LogP contribution is -2.42. The minimum atomic E-state index is 0.312. The number of likely N-dealkylation sites (tertiary alicyclic amines) is 1. The molecule has 7 heteroatoms. The van der Waals surface area contributed by atoms with Crippen molar-refractivity contribution in [3.63, 3.8) is 0 Å². The van der Waals surface area contributed by atoms with Crippen LogP contribution < -0.4 is 10.6 Å². The van der Waals surface area contributed by atoms with Crippen LogP contribution in [0.1, 0.15) is 52.4 Å². The number of nitrogens with one attached hydrogen (secondary N) is 2. The largest absolute Gasteiger partial charge is 0.381 e. The normalized spacial score (nSPS) is 21.7. The van der Waals surface area contributed by atoms with Crippen molar-refractivity contribution < 1.29 is 14.3 Å². The number of nitrogens with zero attached hydrogens (tertiary/aromatic N) is 2. The molecule has 0 bridgehead atoms. The Morgan fingerprint density at radius 2 is 2.30 bits per heavy atom. The van der Waals surface area contributed by atoms with Crippen LogP contribution in [0.15, 0.2) is 4.99 Å². The summed E-state index contributed by atoms with van der Waals surface area (Å²) in [5.41, 5.74) is 0. The number of amides is 1. The standard InChI is InChI=1S/C20H38N4O3/c1-3-18(24-12-5-7-19(24)25)8-11-23-20(21-4-2)22-10-6-13-26-15-17-9-14-27-16-17/h17-18H,3-16H2,1-2H3,(H2,21,22,23). The molecular formula is C20H38N4O3. The van der Waals surface area contributed by atoms with Crippen molar-refractivity contribution in [2.75, 3.05) is 52.6 Å². The zero-order valence-corrected chi connectivity index (χ0v) is 17.2. The van der Waals surface area contributed by atoms with Crippen molar-refractivity contribution >= 4 is 11.9 Å². The lowest BCUT2D eigenvalue weighted by atomic mass is 10.1. The fourth-order valence-electron chi connectivity index (χ4n) is 3.66. The first-order chi connectivity index (χ1) is 13.2. The van der Waals surface area contributed by atoms with Crippen molar-refractivity contribution in [1.29, 1.82) is 0 Å². The van der Waals surface area contributed by atoms with Gasteiger partial charge in [0.1, 0.15) is 0 Å². The van der Waals surface area contributed by atoms with Crippen LogP contribution in [-0.4, -0.2) is 75.4 Å². The number of hydrogen-bond acceptors (Lipinski definition) is 4. The summed E-state index contributed by atoms with van der Waals surface area (Å²) >= 11 is 0. The van der Waals surface area contributed by atoms with Crippen molar-refractivity contribution in [3.8, 4) is 0 Å². The van der Waals surface area contributed by atoms with E-state index in [0.717, 1.165) is 90.7 Å². The zero-order valence-electron chi connectivity index (χ0n) is 17.2. The van der Waals surface area contributed by atoms with Gasteiger partial charge in [-0.15, -0.1) is 0 Å². The van der Waals surface area contributed by atoms with Crippen LogP contribution in [0.4, 0.5) is 0 Å². The summed E-state index contributed by atoms with van der Waals surface area (Å²) in [6.07, 6.45) is 5.72. The summed E-state index contributed by atoms with van der Waals surface area (Å²) in [6, 6.07) is 0.336. The summed E-state index contributed by atoms with van der Waals surface area (Å²) in [5, 5.41) is 6.69. The third kappa shape index (κ3) is 8.05. The summed E-state index contributed by atoms with van der Waals surface area (Å²) in [5.74, 6) is 1.73. The van der Waals surface area contributed by atoms with Gasteiger partial charge in [0, 0.05) is 57.8 Å². The Morgan fingerprint density at radius 1 is 1.41 bits per heavy atom. The molecule has 0 saturated carbocycles. The van der Waals surface area contributed by atoms with Gasteiger partial charge >= 0.3 is 0 Å². The van der Waals surface area contributed by atoms with E-state index >= 15 is 0 Å². The molecule has 0 aromatic rings. The molecule has 2 fully saturated rings. The van der Waals surface area contributed by atoms with Crippen molar-refractivity contribution in [3.05, 3.63) is 0 Å². The maximum atomic E-state index is 11.9. The topological polar surface area (TPSA) is 75.2 Å². The van der Waals surface area contributed by atoms with Gasteiger partial charge in [0.15, 0.2) is 5.96 Å². The van der Waals surface area contributed by atoms with E-state index in [4.69, 9.17) is 9.47 Å². The van der Waals surface area contributed by atoms with Crippen LogP contribution in [0.3, 0.4) is 0 Å². The Bertz CT molecular complexity index is 453. The molecule has 2 unspecified atom stereocenters. The van der Waals surface area contributed by atoms with Crippen LogP contribution in [0.5, 0.6) is 0 Å². The quantitative estimate of drug-likeness (QED) is 0.306. The predicted octanol–water partition coefficient (Wildman–Crippen LogP) is 1.78. The minimum absolute atomic E-state index is 0.312. The summed E-state index contributed by atoms with van der Waals surface area (Å²) in [4.78, 5) is 18.6. The van der Waals surface area contributed by atoms with Gasteiger partial charge < -0.3 is 25.0 Å². The highest BCUT2D eigenvalue weighted by Gasteiger charge is 2.26. The predicted molar refractivity (Wildman–Crippen MR) is 108 cm³/mol. The summed E-state index contributed by atoms with van der Waals surface area (Å²) in [7, 11) is 0. The first kappa shape index (κ1) is 22.0. The molecule has 7 nitrogen and oxygen atoms in total. The average molecular weight is 383 g/mol. The molecule has 2 atom stereocenters. The number of carbonyl (C=O) groups excluding carboxylic acids is 1. The van der Waals surface area contributed by atoms with Gasteiger partial charge in [-0.05, 0) is 39.0 Å². The number of aliphatic imine (C=N–C) groups is 1. The van der Waals surface area contributed by atoms with E-state index in [1.807, 2.05) is 0 Å². The number of carbonyl (C=O) groups is 1. The third-order valence-corrected chi connectivity index (χ3v) is 5.23. The van der Waals surface area contributed by atoms with E-state index in [-0.39, 0.29) is 0 Å². The maximum Gasteiger partial charge on any atom is 0.222 e. The second kappa shape index (κ2) is 12.9. The maximum absolute atomic E-state index is 11.9. The molecule has 0 aromatic carbocycles. The van der Waals surface area contributed by atoms with E-state index in [2.05, 4.69) is 34.4 Å². The lowest BCUT2D eigenvalue weighted by Gasteiger charge is -2.27. The van der Waals surface area contributed by atoms with Crippen LogP contribution in [0.2, 0.25) is 0 Å². The van der Waals surface area contributed by atoms with Gasteiger partial charge in [-0.1, -0.05) is 6.92 Å². The smallest absolute Gasteiger partial charge is 0.222 e. The molecule has 2 heterocycles. The highest BCUT2D eigenvalue weighted by atomic mass is 16.5. The molecule has 2 N–H and O–H groups in total. The molecule has 0 aromatic heterocycles. The molecule has 156 valence electrons. The van der Waals surface area contributed by atoms with Gasteiger partial charge in [-0.3, -0.25) is 9.79 Å². The van der Waals surface area contributed by atoms with E-state index in [9.17, 15) is 4.79 Å². The number of rotatable bonds is 12. The number of hydrogen-bond donors (Lipinski definition) is 2. The fraction of sp³-hybridized carbons (Fsp3) is 0.900. The van der Waals surface area contributed by atoms with Gasteiger partial charge in [-0.25, -0.2) is 0 Å². The summed E-state index contributed by atoms with van der Waals surface area (Å²) in [6.45, 7) is 10.8. The van der Waals surface area contributed by atoms with E-state index in [0.29, 0.717) is 24.3 Å². The van der Waals surface area contributed by atoms with E-state index in [1.165, 1.54) is 0 Å². The number of ether oxygens (including phenoxy) is 2. The van der Waals surface area contributed by atoms with Crippen LogP contribution in [0.25, 0.3) is 0 Å². The van der Waals surface area contributed by atoms with E-state index < -0.39 is 0 Å². The van der Waals surface area contributed by atoms with E-state index in [1.54, 1.807) is 0 Å². The fourth-order valence-corrected chi connectivity index (χ4v) is 3.66. The zero-order chi connectivity index (χ0) is 19.3. The van der Waals surface area contributed by atoms with Crippen molar-refractivity contribution in [2.45, 2.75) is 58.4 Å². The van der Waals surface area contributed by atoms with Gasteiger partial charge in [-0.2, -0.15) is 0 Å². The Balaban J connectivity index is 1.61. The van der Waals surface area contributed by atoms with Crippen LogP contribution in [0, 0.1) is 5.92 Å². The Hall–Kier alpha value is -1.34.